The predicted octanol–water partition coefficient (Wildman–Crippen LogP) is 6.57. The topological polar surface area (TPSA) is 30.4 Å². The summed E-state index contributed by atoms with van der Waals surface area (Å²) in [6.07, 6.45) is 0. The number of fused-ring (bicyclic) bond motifs is 4. The van der Waals surface area contributed by atoms with Crippen molar-refractivity contribution in [2.24, 2.45) is 0 Å². The van der Waals surface area contributed by atoms with Crippen molar-refractivity contribution >= 4 is 27.7 Å². The van der Waals surface area contributed by atoms with Gasteiger partial charge in [0.25, 0.3) is 0 Å². The normalized spacial score (nSPS) is 11.6. The highest BCUT2D eigenvalue weighted by Gasteiger charge is 2.21. The maximum absolute atomic E-state index is 6.08. The average molecular weight is 360 g/mol. The van der Waals surface area contributed by atoms with Gasteiger partial charge in [0.15, 0.2) is 5.58 Å². The van der Waals surface area contributed by atoms with Gasteiger partial charge in [-0.25, -0.2) is 0 Å². The van der Waals surface area contributed by atoms with Crippen molar-refractivity contribution in [3.8, 4) is 22.5 Å². The van der Waals surface area contributed by atoms with Crippen LogP contribution in [0.3, 0.4) is 0 Å². The summed E-state index contributed by atoms with van der Waals surface area (Å²) in [5, 5.41) is 2.41. The van der Waals surface area contributed by atoms with Gasteiger partial charge in [-0.2, -0.15) is 4.98 Å². The van der Waals surface area contributed by atoms with E-state index >= 15 is 0 Å². The Hall–Kier alpha value is -3.85. The monoisotopic (exact) mass is 360 g/mol. The van der Waals surface area contributed by atoms with E-state index in [1.165, 1.54) is 10.8 Å². The Labute approximate surface area is 161 Å². The number of para-hydroxylation sites is 2. The van der Waals surface area contributed by atoms with Crippen LogP contribution in [0.2, 0.25) is 0 Å². The lowest BCUT2D eigenvalue weighted by molar-refractivity contribution is 0.642. The lowest BCUT2D eigenvalue weighted by Crippen LogP contribution is -1.90. The van der Waals surface area contributed by atoms with Crippen LogP contribution in [0.4, 0.5) is 0 Å². The van der Waals surface area contributed by atoms with Crippen LogP contribution in [0.25, 0.3) is 50.2 Å². The first-order valence-electron chi connectivity index (χ1n) is 9.34. The Morgan fingerprint density at radius 2 is 1.43 bits per heavy atom. The molecule has 0 saturated heterocycles. The van der Waals surface area contributed by atoms with E-state index in [2.05, 4.69) is 65.1 Å². The largest absolute Gasteiger partial charge is 0.423 e. The Kier molecular flexibility index (Phi) is 3.17. The van der Waals surface area contributed by atoms with Crippen LogP contribution in [-0.2, 0) is 0 Å². The Morgan fingerprint density at radius 1 is 0.679 bits per heavy atom. The molecule has 0 spiro atoms. The molecule has 0 bridgehead atoms. The van der Waals surface area contributed by atoms with E-state index in [0.29, 0.717) is 5.84 Å². The number of rotatable bonds is 2. The van der Waals surface area contributed by atoms with Crippen LogP contribution in [0, 0.1) is 0 Å². The van der Waals surface area contributed by atoms with Gasteiger partial charge in [0, 0.05) is 11.1 Å². The molecule has 0 atom stereocenters. The van der Waals surface area contributed by atoms with E-state index in [4.69, 9.17) is 9.40 Å². The SMILES string of the molecule is c1ccc(-c2nc3oc4ccccc4n3c2-c2cccc3ccccc23)cc1. The fraction of sp³-hybridized carbons (Fsp3) is 0. The summed E-state index contributed by atoms with van der Waals surface area (Å²) in [5.41, 5.74) is 6.08. The van der Waals surface area contributed by atoms with Gasteiger partial charge < -0.3 is 4.42 Å². The number of hydrogen-bond acceptors (Lipinski definition) is 2. The Balaban J connectivity index is 1.81. The summed E-state index contributed by atoms with van der Waals surface area (Å²) >= 11 is 0. The molecule has 0 N–H and O–H groups in total. The molecule has 0 aliphatic rings. The molecule has 2 heterocycles. The van der Waals surface area contributed by atoms with Crippen molar-refractivity contribution in [2.75, 3.05) is 0 Å². The van der Waals surface area contributed by atoms with Gasteiger partial charge >= 0.3 is 5.84 Å². The van der Waals surface area contributed by atoms with Gasteiger partial charge in [-0.1, -0.05) is 84.9 Å². The zero-order valence-electron chi connectivity index (χ0n) is 15.0. The van der Waals surface area contributed by atoms with Crippen molar-refractivity contribution in [1.82, 2.24) is 9.38 Å². The molecule has 0 radical (unpaired) electrons. The summed E-state index contributed by atoms with van der Waals surface area (Å²) in [7, 11) is 0. The Bertz CT molecular complexity index is 1450. The van der Waals surface area contributed by atoms with Crippen LogP contribution in [0.15, 0.2) is 101 Å². The molecule has 132 valence electrons. The first kappa shape index (κ1) is 15.2. The van der Waals surface area contributed by atoms with E-state index in [0.717, 1.165) is 33.6 Å². The summed E-state index contributed by atoms with van der Waals surface area (Å²) in [5.74, 6) is 0.614. The van der Waals surface area contributed by atoms with Crippen molar-refractivity contribution in [2.45, 2.75) is 0 Å². The molecule has 3 nitrogen and oxygen atoms in total. The molecular weight excluding hydrogens is 344 g/mol. The molecule has 0 unspecified atom stereocenters. The summed E-state index contributed by atoms with van der Waals surface area (Å²) in [6.45, 7) is 0. The number of imidazole rings is 1. The molecule has 28 heavy (non-hydrogen) atoms. The third-order valence-corrected chi connectivity index (χ3v) is 5.25. The quantitative estimate of drug-likeness (QED) is 0.350. The number of oxazole rings is 1. The molecule has 0 fully saturated rings. The molecular formula is C25H16N2O. The van der Waals surface area contributed by atoms with Gasteiger partial charge in [-0.15, -0.1) is 0 Å². The van der Waals surface area contributed by atoms with Crippen molar-refractivity contribution in [1.29, 1.82) is 0 Å². The molecule has 0 aliphatic heterocycles. The van der Waals surface area contributed by atoms with Crippen molar-refractivity contribution < 1.29 is 4.42 Å². The van der Waals surface area contributed by atoms with Crippen LogP contribution in [0.1, 0.15) is 0 Å². The second kappa shape index (κ2) is 5.83. The van der Waals surface area contributed by atoms with E-state index in [1.54, 1.807) is 0 Å². The Morgan fingerprint density at radius 3 is 2.36 bits per heavy atom. The zero-order valence-corrected chi connectivity index (χ0v) is 15.0. The summed E-state index contributed by atoms with van der Waals surface area (Å²) in [4.78, 5) is 4.90. The molecule has 2 aromatic heterocycles. The van der Waals surface area contributed by atoms with Crippen LogP contribution < -0.4 is 0 Å². The fourth-order valence-electron chi connectivity index (χ4n) is 4.00. The van der Waals surface area contributed by atoms with Gasteiger partial charge in [0.1, 0.15) is 5.69 Å². The number of nitrogens with zero attached hydrogens (tertiary/aromatic N) is 2. The molecule has 0 amide bonds. The van der Waals surface area contributed by atoms with Gasteiger partial charge in [0.2, 0.25) is 0 Å². The predicted molar refractivity (Wildman–Crippen MR) is 113 cm³/mol. The van der Waals surface area contributed by atoms with E-state index < -0.39 is 0 Å². The maximum atomic E-state index is 6.08. The van der Waals surface area contributed by atoms with Crippen molar-refractivity contribution in [3.63, 3.8) is 0 Å². The summed E-state index contributed by atoms with van der Waals surface area (Å²) in [6, 6.07) is 33.3. The molecule has 0 aliphatic carbocycles. The minimum atomic E-state index is 0.614. The maximum Gasteiger partial charge on any atom is 0.307 e. The second-order valence-corrected chi connectivity index (χ2v) is 6.89. The van der Waals surface area contributed by atoms with Crippen LogP contribution >= 0.6 is 0 Å². The third kappa shape index (κ3) is 2.13. The van der Waals surface area contributed by atoms with Crippen LogP contribution in [-0.4, -0.2) is 9.38 Å². The first-order chi connectivity index (χ1) is 13.9. The lowest BCUT2D eigenvalue weighted by atomic mass is 9.99. The summed E-state index contributed by atoms with van der Waals surface area (Å²) < 4.78 is 8.22. The van der Waals surface area contributed by atoms with E-state index in [-0.39, 0.29) is 0 Å². The van der Waals surface area contributed by atoms with E-state index in [1.807, 2.05) is 36.4 Å². The first-order valence-corrected chi connectivity index (χ1v) is 9.34. The average Bonchev–Trinajstić information content (AvgIpc) is 3.30. The van der Waals surface area contributed by atoms with Gasteiger partial charge in [0.05, 0.1) is 11.2 Å². The smallest absolute Gasteiger partial charge is 0.307 e. The molecule has 6 aromatic rings. The highest BCUT2D eigenvalue weighted by atomic mass is 16.4. The van der Waals surface area contributed by atoms with Crippen molar-refractivity contribution in [3.05, 3.63) is 97.1 Å². The minimum Gasteiger partial charge on any atom is -0.423 e. The van der Waals surface area contributed by atoms with Gasteiger partial charge in [-0.05, 0) is 22.9 Å². The van der Waals surface area contributed by atoms with E-state index in [9.17, 15) is 0 Å². The zero-order chi connectivity index (χ0) is 18.5. The second-order valence-electron chi connectivity index (χ2n) is 6.89. The minimum absolute atomic E-state index is 0.614. The number of hydrogen-bond donors (Lipinski definition) is 0. The third-order valence-electron chi connectivity index (χ3n) is 5.25. The molecule has 3 heteroatoms. The fourth-order valence-corrected chi connectivity index (χ4v) is 4.00. The molecule has 0 saturated carbocycles. The number of aromatic nitrogens is 2. The molecule has 4 aromatic carbocycles. The standard InChI is InChI=1S/C25H16N2O/c1-2-10-18(11-3-1)23-24(20-14-8-12-17-9-4-5-13-19(17)20)27-21-15-6-7-16-22(21)28-25(27)26-23/h1-16H. The molecule has 6 rings (SSSR count). The number of benzene rings is 4. The highest BCUT2D eigenvalue weighted by Crippen LogP contribution is 2.39. The highest BCUT2D eigenvalue weighted by molar-refractivity contribution is 6.00. The lowest BCUT2D eigenvalue weighted by Gasteiger charge is -2.09. The van der Waals surface area contributed by atoms with Crippen LogP contribution in [0.5, 0.6) is 0 Å². The van der Waals surface area contributed by atoms with Gasteiger partial charge in [-0.3, -0.25) is 4.40 Å².